The van der Waals surface area contributed by atoms with E-state index in [4.69, 9.17) is 14.2 Å². The molecule has 4 rings (SSSR count). The third-order valence-electron chi connectivity index (χ3n) is 4.11. The van der Waals surface area contributed by atoms with E-state index in [-0.39, 0.29) is 5.56 Å². The lowest BCUT2D eigenvalue weighted by molar-refractivity contribution is 0.324. The molecule has 0 saturated heterocycles. The summed E-state index contributed by atoms with van der Waals surface area (Å²) in [5, 5.41) is 4.33. The van der Waals surface area contributed by atoms with Crippen LogP contribution < -0.4 is 24.3 Å². The molecule has 0 spiro atoms. The van der Waals surface area contributed by atoms with Gasteiger partial charge in [-0.1, -0.05) is 11.3 Å². The number of benzene rings is 1. The fourth-order valence-corrected chi connectivity index (χ4v) is 3.70. The van der Waals surface area contributed by atoms with Crippen LogP contribution in [0.4, 0.5) is 0 Å². The molecule has 9 heteroatoms. The van der Waals surface area contributed by atoms with Crippen molar-refractivity contribution < 1.29 is 14.2 Å². The Labute approximate surface area is 163 Å². The maximum absolute atomic E-state index is 12.7. The highest BCUT2D eigenvalue weighted by molar-refractivity contribution is 7.15. The van der Waals surface area contributed by atoms with Crippen molar-refractivity contribution in [3.8, 4) is 28.6 Å². The van der Waals surface area contributed by atoms with Crippen LogP contribution in [-0.2, 0) is 0 Å². The van der Waals surface area contributed by atoms with Gasteiger partial charge >= 0.3 is 0 Å². The molecule has 28 heavy (non-hydrogen) atoms. The zero-order valence-corrected chi connectivity index (χ0v) is 16.2. The van der Waals surface area contributed by atoms with E-state index < -0.39 is 0 Å². The van der Waals surface area contributed by atoms with Crippen LogP contribution in [0.1, 0.15) is 5.56 Å². The molecule has 3 aromatic heterocycles. The van der Waals surface area contributed by atoms with E-state index >= 15 is 0 Å². The molecule has 0 aliphatic carbocycles. The molecule has 0 atom stereocenters. The number of hydrogen-bond acceptors (Lipinski definition) is 8. The third-order valence-corrected chi connectivity index (χ3v) is 5.06. The zero-order chi connectivity index (χ0) is 19.7. The first-order valence-electron chi connectivity index (χ1n) is 8.26. The Balaban J connectivity index is 1.81. The molecule has 3 heterocycles. The molecule has 1 aromatic carbocycles. The number of thiazole rings is 1. The molecule has 0 radical (unpaired) electrons. The van der Waals surface area contributed by atoms with Crippen LogP contribution in [0.2, 0.25) is 0 Å². The molecule has 0 N–H and O–H groups in total. The van der Waals surface area contributed by atoms with Crippen LogP contribution in [0.15, 0.2) is 41.5 Å². The fraction of sp³-hybridized carbons (Fsp3) is 0.158. The number of rotatable bonds is 5. The van der Waals surface area contributed by atoms with Crippen molar-refractivity contribution in [1.82, 2.24) is 19.6 Å². The SMILES string of the molecule is COc1cc(/C=c2\sc3nc(-c4ccncc4)nn3c2=O)cc(OC)c1OC. The molecule has 0 unspecified atom stereocenters. The Kier molecular flexibility index (Phi) is 4.66. The number of ether oxygens (including phenoxy) is 3. The molecule has 0 saturated carbocycles. The Bertz CT molecular complexity index is 1230. The smallest absolute Gasteiger partial charge is 0.291 e. The number of fused-ring (bicyclic) bond motifs is 1. The molecule has 0 aliphatic heterocycles. The van der Waals surface area contributed by atoms with Crippen LogP contribution >= 0.6 is 11.3 Å². The lowest BCUT2D eigenvalue weighted by Crippen LogP contribution is -2.23. The highest BCUT2D eigenvalue weighted by atomic mass is 32.1. The highest BCUT2D eigenvalue weighted by Crippen LogP contribution is 2.38. The minimum absolute atomic E-state index is 0.235. The summed E-state index contributed by atoms with van der Waals surface area (Å²) in [5.74, 6) is 2.01. The predicted octanol–water partition coefficient (Wildman–Crippen LogP) is 1.79. The van der Waals surface area contributed by atoms with Crippen LogP contribution in [-0.4, -0.2) is 40.9 Å². The van der Waals surface area contributed by atoms with Crippen LogP contribution in [0.5, 0.6) is 17.2 Å². The van der Waals surface area contributed by atoms with Gasteiger partial charge in [-0.15, -0.1) is 5.10 Å². The van der Waals surface area contributed by atoms with Crippen molar-refractivity contribution in [3.05, 3.63) is 57.1 Å². The van der Waals surface area contributed by atoms with Crippen molar-refractivity contribution in [1.29, 1.82) is 0 Å². The zero-order valence-electron chi connectivity index (χ0n) is 15.4. The van der Waals surface area contributed by atoms with E-state index in [1.807, 2.05) is 0 Å². The molecule has 4 aromatic rings. The lowest BCUT2D eigenvalue weighted by atomic mass is 10.1. The van der Waals surface area contributed by atoms with E-state index in [0.717, 1.165) is 11.1 Å². The Morgan fingerprint density at radius 1 is 1.04 bits per heavy atom. The summed E-state index contributed by atoms with van der Waals surface area (Å²) in [6, 6.07) is 7.15. The quantitative estimate of drug-likeness (QED) is 0.508. The normalized spacial score (nSPS) is 11.8. The Hall–Kier alpha value is -3.46. The second kappa shape index (κ2) is 7.28. The van der Waals surface area contributed by atoms with Gasteiger partial charge in [0.25, 0.3) is 5.56 Å². The molecule has 8 nitrogen and oxygen atoms in total. The van der Waals surface area contributed by atoms with Gasteiger partial charge in [-0.2, -0.15) is 9.50 Å². The lowest BCUT2D eigenvalue weighted by Gasteiger charge is -2.12. The second-order valence-corrected chi connectivity index (χ2v) is 6.75. The van der Waals surface area contributed by atoms with Gasteiger partial charge < -0.3 is 14.2 Å². The van der Waals surface area contributed by atoms with Crippen LogP contribution in [0.3, 0.4) is 0 Å². The molecular weight excluding hydrogens is 380 g/mol. The van der Waals surface area contributed by atoms with Gasteiger partial charge in [0.15, 0.2) is 17.3 Å². The first-order chi connectivity index (χ1) is 13.6. The summed E-state index contributed by atoms with van der Waals surface area (Å²) in [7, 11) is 4.63. The summed E-state index contributed by atoms with van der Waals surface area (Å²) >= 11 is 1.26. The Morgan fingerprint density at radius 2 is 1.71 bits per heavy atom. The molecule has 0 amide bonds. The van der Waals surface area contributed by atoms with Gasteiger partial charge in [0, 0.05) is 18.0 Å². The number of nitrogens with zero attached hydrogens (tertiary/aromatic N) is 4. The summed E-state index contributed by atoms with van der Waals surface area (Å²) in [4.78, 5) is 21.7. The third kappa shape index (κ3) is 3.05. The summed E-state index contributed by atoms with van der Waals surface area (Å²) in [6.07, 6.45) is 5.07. The number of methoxy groups -OCH3 is 3. The maximum Gasteiger partial charge on any atom is 0.291 e. The molecule has 0 fully saturated rings. The maximum atomic E-state index is 12.7. The van der Waals surface area contributed by atoms with E-state index in [2.05, 4.69) is 15.1 Å². The molecule has 142 valence electrons. The van der Waals surface area contributed by atoms with Gasteiger partial charge in [0.1, 0.15) is 0 Å². The van der Waals surface area contributed by atoms with E-state index in [0.29, 0.717) is 32.6 Å². The summed E-state index contributed by atoms with van der Waals surface area (Å²) < 4.78 is 17.9. The second-order valence-electron chi connectivity index (χ2n) is 5.74. The summed E-state index contributed by atoms with van der Waals surface area (Å²) in [5.41, 5.74) is 1.31. The first-order valence-corrected chi connectivity index (χ1v) is 9.08. The first kappa shape index (κ1) is 17.9. The van der Waals surface area contributed by atoms with Gasteiger partial charge in [-0.3, -0.25) is 9.78 Å². The van der Waals surface area contributed by atoms with E-state index in [1.54, 1.807) is 64.1 Å². The molecular formula is C19H16N4O4S. The fourth-order valence-electron chi connectivity index (χ4n) is 2.79. The van der Waals surface area contributed by atoms with Gasteiger partial charge in [0.2, 0.25) is 10.7 Å². The van der Waals surface area contributed by atoms with Crippen molar-refractivity contribution in [2.24, 2.45) is 0 Å². The van der Waals surface area contributed by atoms with Crippen LogP contribution in [0, 0.1) is 0 Å². The van der Waals surface area contributed by atoms with Crippen molar-refractivity contribution in [2.75, 3.05) is 21.3 Å². The van der Waals surface area contributed by atoms with Crippen LogP contribution in [0.25, 0.3) is 22.4 Å². The topological polar surface area (TPSA) is 87.8 Å². The minimum atomic E-state index is -0.235. The standard InChI is InChI=1S/C19H16N4O4S/c1-25-13-8-11(9-14(26-2)16(13)27-3)10-15-18(24)23-19(28-15)21-17(22-23)12-4-6-20-7-5-12/h4-10H,1-3H3/b15-10-. The minimum Gasteiger partial charge on any atom is -0.493 e. The average Bonchev–Trinajstić information content (AvgIpc) is 3.27. The van der Waals surface area contributed by atoms with Gasteiger partial charge in [0.05, 0.1) is 25.9 Å². The van der Waals surface area contributed by atoms with E-state index in [9.17, 15) is 4.79 Å². The summed E-state index contributed by atoms with van der Waals surface area (Å²) in [6.45, 7) is 0. The molecule has 0 aliphatic rings. The Morgan fingerprint density at radius 3 is 2.29 bits per heavy atom. The van der Waals surface area contributed by atoms with Crippen molar-refractivity contribution in [3.63, 3.8) is 0 Å². The van der Waals surface area contributed by atoms with Gasteiger partial charge in [-0.05, 0) is 35.9 Å². The average molecular weight is 396 g/mol. The number of aromatic nitrogens is 4. The predicted molar refractivity (Wildman–Crippen MR) is 105 cm³/mol. The molecule has 0 bridgehead atoms. The highest BCUT2D eigenvalue weighted by Gasteiger charge is 2.14. The number of hydrogen-bond donors (Lipinski definition) is 0. The van der Waals surface area contributed by atoms with E-state index in [1.165, 1.54) is 15.9 Å². The van der Waals surface area contributed by atoms with Crippen molar-refractivity contribution >= 4 is 22.4 Å². The van der Waals surface area contributed by atoms with Crippen molar-refractivity contribution in [2.45, 2.75) is 0 Å². The number of pyridine rings is 1. The van der Waals surface area contributed by atoms with Gasteiger partial charge in [-0.25, -0.2) is 0 Å². The largest absolute Gasteiger partial charge is 0.493 e. The monoisotopic (exact) mass is 396 g/mol.